The fourth-order valence-corrected chi connectivity index (χ4v) is 2.36. The third-order valence-electron chi connectivity index (χ3n) is 2.19. The molecule has 0 radical (unpaired) electrons. The SMILES string of the molecule is CC(O)c1cccc(F)c1Sc1cnccn1. The van der Waals surface area contributed by atoms with E-state index < -0.39 is 6.10 Å². The molecule has 1 N–H and O–H groups in total. The van der Waals surface area contributed by atoms with E-state index in [1.54, 1.807) is 37.6 Å². The number of aromatic nitrogens is 2. The van der Waals surface area contributed by atoms with E-state index in [0.717, 1.165) is 11.8 Å². The molecule has 1 aromatic carbocycles. The zero-order chi connectivity index (χ0) is 12.3. The Bertz CT molecular complexity index is 505. The summed E-state index contributed by atoms with van der Waals surface area (Å²) < 4.78 is 13.7. The fourth-order valence-electron chi connectivity index (χ4n) is 1.40. The van der Waals surface area contributed by atoms with Crippen LogP contribution in [-0.2, 0) is 0 Å². The van der Waals surface area contributed by atoms with Crippen LogP contribution in [-0.4, -0.2) is 15.1 Å². The van der Waals surface area contributed by atoms with Crippen LogP contribution in [0.4, 0.5) is 4.39 Å². The lowest BCUT2D eigenvalue weighted by Gasteiger charge is -2.11. The first-order chi connectivity index (χ1) is 8.18. The van der Waals surface area contributed by atoms with Crippen molar-refractivity contribution >= 4 is 11.8 Å². The summed E-state index contributed by atoms with van der Waals surface area (Å²) in [5, 5.41) is 10.2. The molecule has 1 atom stereocenters. The van der Waals surface area contributed by atoms with Gasteiger partial charge in [-0.05, 0) is 18.6 Å². The van der Waals surface area contributed by atoms with Crippen molar-refractivity contribution in [2.45, 2.75) is 22.9 Å². The molecule has 0 amide bonds. The highest BCUT2D eigenvalue weighted by atomic mass is 32.2. The third kappa shape index (κ3) is 2.81. The molecule has 0 aliphatic rings. The smallest absolute Gasteiger partial charge is 0.137 e. The van der Waals surface area contributed by atoms with Crippen molar-refractivity contribution in [2.24, 2.45) is 0 Å². The van der Waals surface area contributed by atoms with Gasteiger partial charge >= 0.3 is 0 Å². The summed E-state index contributed by atoms with van der Waals surface area (Å²) in [6.07, 6.45) is 3.94. The van der Waals surface area contributed by atoms with Gasteiger partial charge in [0.05, 0.1) is 17.2 Å². The minimum atomic E-state index is -0.718. The van der Waals surface area contributed by atoms with E-state index in [1.807, 2.05) is 0 Å². The van der Waals surface area contributed by atoms with E-state index >= 15 is 0 Å². The molecule has 0 aliphatic carbocycles. The first-order valence-electron chi connectivity index (χ1n) is 5.09. The molecule has 1 aromatic heterocycles. The monoisotopic (exact) mass is 250 g/mol. The topological polar surface area (TPSA) is 46.0 Å². The Morgan fingerprint density at radius 2 is 2.18 bits per heavy atom. The van der Waals surface area contributed by atoms with Crippen LogP contribution >= 0.6 is 11.8 Å². The van der Waals surface area contributed by atoms with E-state index in [2.05, 4.69) is 9.97 Å². The van der Waals surface area contributed by atoms with E-state index in [0.29, 0.717) is 15.5 Å². The van der Waals surface area contributed by atoms with Crippen LogP contribution in [0.5, 0.6) is 0 Å². The van der Waals surface area contributed by atoms with Gasteiger partial charge in [0.1, 0.15) is 10.8 Å². The van der Waals surface area contributed by atoms with Gasteiger partial charge in [-0.2, -0.15) is 0 Å². The van der Waals surface area contributed by atoms with Crippen molar-refractivity contribution in [1.29, 1.82) is 0 Å². The van der Waals surface area contributed by atoms with Gasteiger partial charge in [0, 0.05) is 12.4 Å². The van der Waals surface area contributed by atoms with Crippen LogP contribution < -0.4 is 0 Å². The molecular formula is C12H11FN2OS. The van der Waals surface area contributed by atoms with Gasteiger partial charge < -0.3 is 5.11 Å². The predicted octanol–water partition coefficient (Wildman–Crippen LogP) is 2.82. The number of benzene rings is 1. The van der Waals surface area contributed by atoms with Crippen molar-refractivity contribution in [3.05, 3.63) is 48.2 Å². The molecule has 3 nitrogen and oxygen atoms in total. The zero-order valence-corrected chi connectivity index (χ0v) is 9.99. The Morgan fingerprint density at radius 3 is 2.82 bits per heavy atom. The summed E-state index contributed by atoms with van der Waals surface area (Å²) in [5.74, 6) is -0.362. The number of hydrogen-bond acceptors (Lipinski definition) is 4. The van der Waals surface area contributed by atoms with Crippen LogP contribution in [0.1, 0.15) is 18.6 Å². The van der Waals surface area contributed by atoms with Crippen LogP contribution in [0, 0.1) is 5.82 Å². The average Bonchev–Trinajstić information content (AvgIpc) is 2.33. The molecule has 0 aliphatic heterocycles. The maximum absolute atomic E-state index is 13.7. The molecule has 5 heteroatoms. The molecule has 1 unspecified atom stereocenters. The Balaban J connectivity index is 2.38. The first-order valence-corrected chi connectivity index (χ1v) is 5.90. The Kier molecular flexibility index (Phi) is 3.71. The number of rotatable bonds is 3. The van der Waals surface area contributed by atoms with Crippen LogP contribution in [0.2, 0.25) is 0 Å². The molecular weight excluding hydrogens is 239 g/mol. The van der Waals surface area contributed by atoms with Crippen LogP contribution in [0.25, 0.3) is 0 Å². The van der Waals surface area contributed by atoms with Gasteiger partial charge in [-0.1, -0.05) is 23.9 Å². The number of hydrogen-bond donors (Lipinski definition) is 1. The summed E-state index contributed by atoms with van der Waals surface area (Å²) in [6.45, 7) is 1.61. The van der Waals surface area contributed by atoms with Crippen molar-refractivity contribution < 1.29 is 9.50 Å². The number of nitrogens with zero attached hydrogens (tertiary/aromatic N) is 2. The summed E-state index contributed by atoms with van der Waals surface area (Å²) in [6, 6.07) is 4.65. The lowest BCUT2D eigenvalue weighted by Crippen LogP contribution is -1.97. The second-order valence-electron chi connectivity index (χ2n) is 3.48. The maximum atomic E-state index is 13.7. The summed E-state index contributed by atoms with van der Waals surface area (Å²) in [7, 11) is 0. The molecule has 0 saturated heterocycles. The number of aliphatic hydroxyl groups is 1. The van der Waals surface area contributed by atoms with Gasteiger partial charge in [-0.25, -0.2) is 9.37 Å². The van der Waals surface area contributed by atoms with Crippen LogP contribution in [0.3, 0.4) is 0 Å². The minimum Gasteiger partial charge on any atom is -0.389 e. The molecule has 2 rings (SSSR count). The van der Waals surface area contributed by atoms with Gasteiger partial charge in [0.15, 0.2) is 0 Å². The Morgan fingerprint density at radius 1 is 1.35 bits per heavy atom. The predicted molar refractivity (Wildman–Crippen MR) is 63.2 cm³/mol. The highest BCUT2D eigenvalue weighted by Crippen LogP contribution is 2.33. The normalized spacial score (nSPS) is 12.4. The highest BCUT2D eigenvalue weighted by Gasteiger charge is 2.14. The summed E-state index contributed by atoms with van der Waals surface area (Å²) >= 11 is 1.16. The standard InChI is InChI=1S/C12H11FN2OS/c1-8(16)9-3-2-4-10(13)12(9)17-11-7-14-5-6-15-11/h2-8,16H,1H3. The number of halogens is 1. The van der Waals surface area contributed by atoms with Gasteiger partial charge in [0.2, 0.25) is 0 Å². The quantitative estimate of drug-likeness (QED) is 0.909. The largest absolute Gasteiger partial charge is 0.389 e. The first kappa shape index (κ1) is 12.0. The molecule has 2 aromatic rings. The van der Waals surface area contributed by atoms with Crippen molar-refractivity contribution in [3.8, 4) is 0 Å². The molecule has 17 heavy (non-hydrogen) atoms. The average molecular weight is 250 g/mol. The molecule has 0 saturated carbocycles. The molecule has 0 bridgehead atoms. The van der Waals surface area contributed by atoms with Crippen LogP contribution in [0.15, 0.2) is 46.7 Å². The zero-order valence-electron chi connectivity index (χ0n) is 9.17. The second-order valence-corrected chi connectivity index (χ2v) is 4.51. The third-order valence-corrected chi connectivity index (χ3v) is 3.25. The molecule has 0 fully saturated rings. The van der Waals surface area contributed by atoms with Gasteiger partial charge in [-0.3, -0.25) is 4.98 Å². The molecule has 1 heterocycles. The lowest BCUT2D eigenvalue weighted by atomic mass is 10.1. The summed E-state index contributed by atoms with van der Waals surface area (Å²) in [5.41, 5.74) is 0.556. The summed E-state index contributed by atoms with van der Waals surface area (Å²) in [4.78, 5) is 8.38. The molecule has 0 spiro atoms. The van der Waals surface area contributed by atoms with E-state index in [4.69, 9.17) is 0 Å². The molecule has 88 valence electrons. The second kappa shape index (κ2) is 5.25. The lowest BCUT2D eigenvalue weighted by molar-refractivity contribution is 0.195. The number of aliphatic hydroxyl groups excluding tert-OH is 1. The van der Waals surface area contributed by atoms with E-state index in [9.17, 15) is 9.50 Å². The highest BCUT2D eigenvalue weighted by molar-refractivity contribution is 7.99. The Labute approximate surface area is 103 Å². The van der Waals surface area contributed by atoms with Gasteiger partial charge in [-0.15, -0.1) is 0 Å². The van der Waals surface area contributed by atoms with E-state index in [-0.39, 0.29) is 5.82 Å². The van der Waals surface area contributed by atoms with Crippen molar-refractivity contribution in [2.75, 3.05) is 0 Å². The van der Waals surface area contributed by atoms with Crippen molar-refractivity contribution in [1.82, 2.24) is 9.97 Å². The fraction of sp³-hybridized carbons (Fsp3) is 0.167. The van der Waals surface area contributed by atoms with Crippen molar-refractivity contribution in [3.63, 3.8) is 0 Å². The maximum Gasteiger partial charge on any atom is 0.137 e. The Hall–Kier alpha value is -1.46. The van der Waals surface area contributed by atoms with E-state index in [1.165, 1.54) is 6.07 Å². The minimum absolute atomic E-state index is 0.362. The van der Waals surface area contributed by atoms with Gasteiger partial charge in [0.25, 0.3) is 0 Å².